The Labute approximate surface area is 198 Å². The molecular weight excluding hydrogens is 468 g/mol. The number of fused-ring (bicyclic) bond motifs is 1. The predicted molar refractivity (Wildman–Crippen MR) is 125 cm³/mol. The number of Topliss-reactive ketones (excluding diaryl/α,β-unsaturated/α-hetero) is 1. The van der Waals surface area contributed by atoms with E-state index < -0.39 is 16.1 Å². The van der Waals surface area contributed by atoms with E-state index in [1.807, 2.05) is 18.2 Å². The van der Waals surface area contributed by atoms with Gasteiger partial charge in [-0.05, 0) is 48.6 Å². The Kier molecular flexibility index (Phi) is 8.34. The number of hydrogen-bond donors (Lipinski definition) is 2. The molecule has 178 valence electrons. The monoisotopic (exact) mass is 494 g/mol. The summed E-state index contributed by atoms with van der Waals surface area (Å²) in [6.45, 7) is 1.05. The average Bonchev–Trinajstić information content (AvgIpc) is 3.23. The van der Waals surface area contributed by atoms with Crippen molar-refractivity contribution in [1.82, 2.24) is 4.90 Å². The fourth-order valence-electron chi connectivity index (χ4n) is 3.81. The van der Waals surface area contributed by atoms with Crippen molar-refractivity contribution in [2.24, 2.45) is 5.14 Å². The van der Waals surface area contributed by atoms with Gasteiger partial charge in [-0.2, -0.15) is 0 Å². The number of benzene rings is 2. The van der Waals surface area contributed by atoms with E-state index in [4.69, 9.17) is 21.5 Å². The van der Waals surface area contributed by atoms with E-state index in [0.29, 0.717) is 68.0 Å². The average molecular weight is 495 g/mol. The van der Waals surface area contributed by atoms with Gasteiger partial charge in [-0.25, -0.2) is 18.4 Å². The van der Waals surface area contributed by atoms with Crippen molar-refractivity contribution < 1.29 is 27.9 Å². The third-order valence-electron chi connectivity index (χ3n) is 5.59. The summed E-state index contributed by atoms with van der Waals surface area (Å²) in [6, 6.07) is 10.3. The van der Waals surface area contributed by atoms with Gasteiger partial charge in [-0.15, -0.1) is 0 Å². The van der Waals surface area contributed by atoms with Gasteiger partial charge in [0.05, 0.1) is 6.61 Å². The van der Waals surface area contributed by atoms with Gasteiger partial charge in [0.2, 0.25) is 10.0 Å². The second-order valence-electron chi connectivity index (χ2n) is 7.95. The van der Waals surface area contributed by atoms with Crippen LogP contribution in [0.4, 0.5) is 4.79 Å². The maximum atomic E-state index is 12.6. The highest BCUT2D eigenvalue weighted by Gasteiger charge is 2.25. The molecule has 0 atom stereocenters. The maximum absolute atomic E-state index is 12.6. The van der Waals surface area contributed by atoms with Crippen LogP contribution in [-0.4, -0.2) is 50.0 Å². The van der Waals surface area contributed by atoms with Gasteiger partial charge in [0.25, 0.3) is 0 Å². The second kappa shape index (κ2) is 11.0. The van der Waals surface area contributed by atoms with Gasteiger partial charge in [-0.3, -0.25) is 4.79 Å². The molecule has 1 aliphatic rings. The Balaban J connectivity index is 1.49. The number of primary sulfonamides is 1. The van der Waals surface area contributed by atoms with E-state index >= 15 is 0 Å². The highest BCUT2D eigenvalue weighted by molar-refractivity contribution is 7.89. The topological polar surface area (TPSA) is 127 Å². The number of nitrogens with two attached hydrogens (primary N) is 1. The fourth-order valence-corrected chi connectivity index (χ4v) is 4.78. The first-order valence-corrected chi connectivity index (χ1v) is 12.7. The number of hydrogen-bond acceptors (Lipinski definition) is 5. The van der Waals surface area contributed by atoms with Crippen molar-refractivity contribution in [2.75, 3.05) is 19.7 Å². The Morgan fingerprint density at radius 3 is 2.58 bits per heavy atom. The molecule has 0 unspecified atom stereocenters. The van der Waals surface area contributed by atoms with Crippen LogP contribution in [0.25, 0.3) is 0 Å². The van der Waals surface area contributed by atoms with Gasteiger partial charge in [-0.1, -0.05) is 36.2 Å². The molecule has 2 aromatic rings. The van der Waals surface area contributed by atoms with Crippen LogP contribution in [0.5, 0.6) is 5.75 Å². The normalized spacial score (nSPS) is 12.8. The number of carbonyl (C=O) groups is 2. The van der Waals surface area contributed by atoms with Crippen molar-refractivity contribution in [3.8, 4) is 5.75 Å². The summed E-state index contributed by atoms with van der Waals surface area (Å²) in [6.07, 6.45) is 2.14. The summed E-state index contributed by atoms with van der Waals surface area (Å²) in [7, 11) is -4.01. The third-order valence-corrected chi connectivity index (χ3v) is 6.87. The first-order chi connectivity index (χ1) is 15.7. The number of sulfonamides is 1. The minimum atomic E-state index is -4.01. The molecule has 3 N–H and O–H groups in total. The SMILES string of the molecule is NS(=O)(=O)c1cc(C(=O)CCCCCN(CCc2ccccc2Cl)C(=O)O)cc2c1OCC2. The van der Waals surface area contributed by atoms with Gasteiger partial charge in [0.1, 0.15) is 10.6 Å². The van der Waals surface area contributed by atoms with Crippen LogP contribution in [0.3, 0.4) is 0 Å². The molecule has 0 aromatic heterocycles. The van der Waals surface area contributed by atoms with E-state index in [-0.39, 0.29) is 22.8 Å². The zero-order valence-corrected chi connectivity index (χ0v) is 19.7. The lowest BCUT2D eigenvalue weighted by molar-refractivity contribution is 0.0977. The van der Waals surface area contributed by atoms with Crippen LogP contribution in [0.1, 0.15) is 47.2 Å². The summed E-state index contributed by atoms with van der Waals surface area (Å²) in [5.74, 6) is 0.0583. The van der Waals surface area contributed by atoms with E-state index in [1.54, 1.807) is 12.1 Å². The molecule has 3 rings (SSSR count). The summed E-state index contributed by atoms with van der Waals surface area (Å²) < 4.78 is 29.1. The molecule has 0 spiro atoms. The van der Waals surface area contributed by atoms with Crippen LogP contribution in [0.15, 0.2) is 41.3 Å². The lowest BCUT2D eigenvalue weighted by Gasteiger charge is -2.19. The highest BCUT2D eigenvalue weighted by Crippen LogP contribution is 2.34. The molecule has 0 radical (unpaired) electrons. The number of rotatable bonds is 11. The number of unbranched alkanes of at least 4 members (excludes halogenated alkanes) is 2. The fraction of sp³-hybridized carbons (Fsp3) is 0.391. The molecule has 33 heavy (non-hydrogen) atoms. The summed E-state index contributed by atoms with van der Waals surface area (Å²) in [5.41, 5.74) is 1.87. The molecule has 10 heteroatoms. The van der Waals surface area contributed by atoms with Gasteiger partial charge in [0.15, 0.2) is 5.78 Å². The number of ketones is 1. The Morgan fingerprint density at radius 1 is 1.12 bits per heavy atom. The Morgan fingerprint density at radius 2 is 1.88 bits per heavy atom. The number of ether oxygens (including phenoxy) is 1. The number of nitrogens with zero attached hydrogens (tertiary/aromatic N) is 1. The molecule has 8 nitrogen and oxygen atoms in total. The van der Waals surface area contributed by atoms with Crippen LogP contribution < -0.4 is 9.88 Å². The van der Waals surface area contributed by atoms with Gasteiger partial charge >= 0.3 is 6.09 Å². The van der Waals surface area contributed by atoms with Crippen LogP contribution >= 0.6 is 11.6 Å². The summed E-state index contributed by atoms with van der Waals surface area (Å²) in [4.78, 5) is 25.4. The molecule has 0 bridgehead atoms. The number of halogens is 1. The molecule has 0 saturated carbocycles. The molecule has 1 heterocycles. The summed E-state index contributed by atoms with van der Waals surface area (Å²) >= 11 is 6.13. The molecule has 2 aromatic carbocycles. The first-order valence-electron chi connectivity index (χ1n) is 10.7. The zero-order valence-electron chi connectivity index (χ0n) is 18.1. The minimum absolute atomic E-state index is 0.156. The lowest BCUT2D eigenvalue weighted by atomic mass is 10.0. The maximum Gasteiger partial charge on any atom is 0.407 e. The van der Waals surface area contributed by atoms with Crippen molar-refractivity contribution >= 4 is 33.5 Å². The highest BCUT2D eigenvalue weighted by atomic mass is 35.5. The predicted octanol–water partition coefficient (Wildman–Crippen LogP) is 3.89. The van der Waals surface area contributed by atoms with E-state index in [9.17, 15) is 23.1 Å². The molecule has 0 fully saturated rings. The molecule has 0 aliphatic carbocycles. The molecule has 1 aliphatic heterocycles. The quantitative estimate of drug-likeness (QED) is 0.360. The van der Waals surface area contributed by atoms with Crippen LogP contribution in [-0.2, 0) is 22.9 Å². The largest absolute Gasteiger partial charge is 0.492 e. The van der Waals surface area contributed by atoms with Gasteiger partial charge in [0, 0.05) is 36.5 Å². The Hall–Kier alpha value is -2.62. The number of carboxylic acid groups (broad SMARTS) is 1. The van der Waals surface area contributed by atoms with Crippen LogP contribution in [0.2, 0.25) is 5.02 Å². The molecule has 0 saturated heterocycles. The van der Waals surface area contributed by atoms with Crippen molar-refractivity contribution in [2.45, 2.75) is 43.4 Å². The molecule has 1 amide bonds. The van der Waals surface area contributed by atoms with Crippen molar-refractivity contribution in [1.29, 1.82) is 0 Å². The minimum Gasteiger partial charge on any atom is -0.492 e. The zero-order chi connectivity index (χ0) is 24.0. The molecular formula is C23H27ClN2O6S. The summed E-state index contributed by atoms with van der Waals surface area (Å²) in [5, 5.41) is 15.3. The lowest BCUT2D eigenvalue weighted by Crippen LogP contribution is -2.32. The smallest absolute Gasteiger partial charge is 0.407 e. The number of carbonyl (C=O) groups excluding carboxylic acids is 1. The van der Waals surface area contributed by atoms with Crippen molar-refractivity contribution in [3.05, 3.63) is 58.1 Å². The van der Waals surface area contributed by atoms with E-state index in [1.165, 1.54) is 11.0 Å². The van der Waals surface area contributed by atoms with Crippen molar-refractivity contribution in [3.63, 3.8) is 0 Å². The number of amides is 1. The van der Waals surface area contributed by atoms with E-state index in [0.717, 1.165) is 5.56 Å². The third kappa shape index (κ3) is 6.69. The van der Waals surface area contributed by atoms with Gasteiger partial charge < -0.3 is 14.7 Å². The Bertz CT molecular complexity index is 1140. The van der Waals surface area contributed by atoms with E-state index in [2.05, 4.69) is 0 Å². The second-order valence-corrected chi connectivity index (χ2v) is 9.89. The first kappa shape index (κ1) is 25.0. The van der Waals surface area contributed by atoms with Crippen LogP contribution in [0, 0.1) is 0 Å². The standard InChI is InChI=1S/C23H27ClN2O6S/c24-19-7-4-3-6-16(19)9-12-26(23(28)29)11-5-1-2-8-20(27)18-14-17-10-13-32-22(17)21(15-18)33(25,30)31/h3-4,6-7,14-15H,1-2,5,8-13H2,(H,28,29)(H2,25,30,31).